The number of methoxy groups -OCH3 is 1. The Balaban J connectivity index is 2.74. The van der Waals surface area contributed by atoms with Gasteiger partial charge in [0.05, 0.1) is 6.61 Å². The summed E-state index contributed by atoms with van der Waals surface area (Å²) in [5.41, 5.74) is 0.792. The van der Waals surface area contributed by atoms with Crippen LogP contribution < -0.4 is 16.0 Å². The molecule has 19 heavy (non-hydrogen) atoms. The van der Waals surface area contributed by atoms with E-state index < -0.39 is 18.0 Å². The molecule has 1 aromatic rings. The summed E-state index contributed by atoms with van der Waals surface area (Å²) in [5.74, 6) is -0.401. The zero-order valence-corrected chi connectivity index (χ0v) is 11.1. The van der Waals surface area contributed by atoms with Crippen molar-refractivity contribution in [3.05, 3.63) is 35.9 Å². The minimum atomic E-state index is -0.589. The van der Waals surface area contributed by atoms with E-state index >= 15 is 0 Å². The average molecular weight is 265 g/mol. The summed E-state index contributed by atoms with van der Waals surface area (Å²) < 4.78 is 4.94. The number of amides is 3. The minimum Gasteiger partial charge on any atom is -0.383 e. The molecule has 6 nitrogen and oxygen atoms in total. The van der Waals surface area contributed by atoms with E-state index in [0.29, 0.717) is 13.2 Å². The number of hydrogen-bond donors (Lipinski definition) is 3. The number of benzene rings is 1. The van der Waals surface area contributed by atoms with Crippen LogP contribution in [0.4, 0.5) is 4.79 Å². The lowest BCUT2D eigenvalue weighted by molar-refractivity contribution is -0.122. The Morgan fingerprint density at radius 2 is 1.95 bits per heavy atom. The summed E-state index contributed by atoms with van der Waals surface area (Å²) in [4.78, 5) is 23.2. The van der Waals surface area contributed by atoms with Crippen LogP contribution in [0.1, 0.15) is 11.6 Å². The number of imide groups is 1. The summed E-state index contributed by atoms with van der Waals surface area (Å²) in [6.07, 6.45) is 0. The molecule has 0 bridgehead atoms. The Hall–Kier alpha value is -1.92. The molecule has 0 radical (unpaired) electrons. The molecule has 3 N–H and O–H groups in total. The molecular formula is C13H19N3O3. The zero-order valence-electron chi connectivity index (χ0n) is 11.1. The Kier molecular flexibility index (Phi) is 6.56. The van der Waals surface area contributed by atoms with Crippen LogP contribution in [0.3, 0.4) is 0 Å². The monoisotopic (exact) mass is 265 g/mol. The highest BCUT2D eigenvalue weighted by atomic mass is 16.5. The van der Waals surface area contributed by atoms with Crippen molar-refractivity contribution in [3.8, 4) is 0 Å². The quantitative estimate of drug-likeness (QED) is 0.651. The average Bonchev–Trinajstić information content (AvgIpc) is 2.44. The molecule has 0 aliphatic heterocycles. The second kappa shape index (κ2) is 8.23. The fourth-order valence-electron chi connectivity index (χ4n) is 1.56. The van der Waals surface area contributed by atoms with Gasteiger partial charge in [0.25, 0.3) is 0 Å². The van der Waals surface area contributed by atoms with Gasteiger partial charge in [-0.15, -0.1) is 0 Å². The maximum absolute atomic E-state index is 12.0. The Bertz CT molecular complexity index is 409. The highest BCUT2D eigenvalue weighted by Crippen LogP contribution is 2.12. The second-order valence-electron chi connectivity index (χ2n) is 3.86. The van der Waals surface area contributed by atoms with Crippen LogP contribution in [0, 0.1) is 0 Å². The predicted molar refractivity (Wildman–Crippen MR) is 71.7 cm³/mol. The maximum atomic E-state index is 12.0. The maximum Gasteiger partial charge on any atom is 0.321 e. The van der Waals surface area contributed by atoms with E-state index in [1.165, 1.54) is 7.05 Å². The molecule has 104 valence electrons. The molecule has 0 heterocycles. The first-order chi connectivity index (χ1) is 9.19. The van der Waals surface area contributed by atoms with Crippen LogP contribution in [-0.2, 0) is 9.53 Å². The van der Waals surface area contributed by atoms with E-state index in [2.05, 4.69) is 16.0 Å². The first kappa shape index (κ1) is 15.1. The van der Waals surface area contributed by atoms with Gasteiger partial charge in [-0.2, -0.15) is 0 Å². The number of rotatable bonds is 6. The summed E-state index contributed by atoms with van der Waals surface area (Å²) in [5, 5.41) is 7.66. The van der Waals surface area contributed by atoms with Crippen molar-refractivity contribution in [2.45, 2.75) is 6.04 Å². The van der Waals surface area contributed by atoms with Crippen LogP contribution in [0.25, 0.3) is 0 Å². The molecule has 0 spiro atoms. The highest BCUT2D eigenvalue weighted by Gasteiger charge is 2.21. The van der Waals surface area contributed by atoms with Gasteiger partial charge in [0.15, 0.2) is 0 Å². The Labute approximate surface area is 112 Å². The largest absolute Gasteiger partial charge is 0.383 e. The number of ether oxygens (including phenoxy) is 1. The molecule has 6 heteroatoms. The molecule has 3 amide bonds. The molecular weight excluding hydrogens is 246 g/mol. The van der Waals surface area contributed by atoms with E-state index in [1.807, 2.05) is 30.3 Å². The number of carbonyl (C=O) groups excluding carboxylic acids is 2. The van der Waals surface area contributed by atoms with E-state index in [1.54, 1.807) is 7.11 Å². The van der Waals surface area contributed by atoms with Crippen molar-refractivity contribution >= 4 is 11.9 Å². The summed E-state index contributed by atoms with van der Waals surface area (Å²) in [6.45, 7) is 0.994. The van der Waals surface area contributed by atoms with E-state index in [-0.39, 0.29) is 0 Å². The van der Waals surface area contributed by atoms with Crippen molar-refractivity contribution in [1.82, 2.24) is 16.0 Å². The summed E-state index contributed by atoms with van der Waals surface area (Å²) in [7, 11) is 3.04. The number of carbonyl (C=O) groups is 2. The molecule has 0 unspecified atom stereocenters. The molecule has 0 aliphatic carbocycles. The number of nitrogens with one attached hydrogen (secondary N) is 3. The normalized spacial score (nSPS) is 11.7. The Morgan fingerprint density at radius 1 is 1.26 bits per heavy atom. The fourth-order valence-corrected chi connectivity index (χ4v) is 1.56. The van der Waals surface area contributed by atoms with Crippen molar-refractivity contribution < 1.29 is 14.3 Å². The van der Waals surface area contributed by atoms with E-state index in [9.17, 15) is 9.59 Å². The Morgan fingerprint density at radius 3 is 2.53 bits per heavy atom. The lowest BCUT2D eigenvalue weighted by Crippen LogP contribution is -2.44. The third kappa shape index (κ3) is 5.07. The van der Waals surface area contributed by atoms with E-state index in [0.717, 1.165) is 5.56 Å². The third-order valence-corrected chi connectivity index (χ3v) is 2.51. The lowest BCUT2D eigenvalue weighted by atomic mass is 10.1. The van der Waals surface area contributed by atoms with Gasteiger partial charge >= 0.3 is 6.03 Å². The number of hydrogen-bond acceptors (Lipinski definition) is 4. The second-order valence-corrected chi connectivity index (χ2v) is 3.86. The molecule has 0 saturated heterocycles. The topological polar surface area (TPSA) is 79.5 Å². The lowest BCUT2D eigenvalue weighted by Gasteiger charge is -2.18. The third-order valence-electron chi connectivity index (χ3n) is 2.51. The SMILES string of the molecule is CNC(=O)NC(=O)[C@@H](NCCOC)c1ccccc1. The summed E-state index contributed by atoms with van der Waals surface area (Å²) >= 11 is 0. The molecule has 0 fully saturated rings. The van der Waals surface area contributed by atoms with Crippen LogP contribution in [0.5, 0.6) is 0 Å². The highest BCUT2D eigenvalue weighted by molar-refractivity contribution is 5.97. The van der Waals surface area contributed by atoms with E-state index in [4.69, 9.17) is 4.74 Å². The predicted octanol–water partition coefficient (Wildman–Crippen LogP) is 0.419. The van der Waals surface area contributed by atoms with Gasteiger partial charge in [-0.05, 0) is 5.56 Å². The van der Waals surface area contributed by atoms with Crippen LogP contribution in [0.2, 0.25) is 0 Å². The molecule has 0 saturated carbocycles. The smallest absolute Gasteiger partial charge is 0.321 e. The molecule has 1 aromatic carbocycles. The first-order valence-corrected chi connectivity index (χ1v) is 5.99. The molecule has 0 aromatic heterocycles. The van der Waals surface area contributed by atoms with Crippen molar-refractivity contribution in [3.63, 3.8) is 0 Å². The standard InChI is InChI=1S/C13H19N3O3/c1-14-13(18)16-12(17)11(15-8-9-19-2)10-6-4-3-5-7-10/h3-7,11,15H,8-9H2,1-2H3,(H2,14,16,17,18)/t11-/m0/s1. The first-order valence-electron chi connectivity index (χ1n) is 5.99. The van der Waals surface area contributed by atoms with Gasteiger partial charge in [0, 0.05) is 20.7 Å². The molecule has 1 rings (SSSR count). The zero-order chi connectivity index (χ0) is 14.1. The minimum absolute atomic E-state index is 0.401. The van der Waals surface area contributed by atoms with Crippen molar-refractivity contribution in [2.24, 2.45) is 0 Å². The van der Waals surface area contributed by atoms with Gasteiger partial charge in [0.2, 0.25) is 5.91 Å². The van der Waals surface area contributed by atoms with Gasteiger partial charge in [-0.1, -0.05) is 30.3 Å². The van der Waals surface area contributed by atoms with Crippen LogP contribution in [0.15, 0.2) is 30.3 Å². The van der Waals surface area contributed by atoms with Gasteiger partial charge in [-0.25, -0.2) is 4.79 Å². The van der Waals surface area contributed by atoms with Crippen molar-refractivity contribution in [2.75, 3.05) is 27.3 Å². The molecule has 0 aliphatic rings. The van der Waals surface area contributed by atoms with Gasteiger partial charge in [0.1, 0.15) is 6.04 Å². The fraction of sp³-hybridized carbons (Fsp3) is 0.385. The van der Waals surface area contributed by atoms with Gasteiger partial charge < -0.3 is 10.1 Å². The molecule has 1 atom stereocenters. The van der Waals surface area contributed by atoms with Crippen LogP contribution >= 0.6 is 0 Å². The van der Waals surface area contributed by atoms with Gasteiger partial charge in [-0.3, -0.25) is 15.4 Å². The van der Waals surface area contributed by atoms with Crippen LogP contribution in [-0.4, -0.2) is 39.2 Å². The van der Waals surface area contributed by atoms with Crippen molar-refractivity contribution in [1.29, 1.82) is 0 Å². The summed E-state index contributed by atoms with van der Waals surface area (Å²) in [6, 6.07) is 8.09. The number of urea groups is 1.